The largest absolute Gasteiger partial charge is 0.508 e. The summed E-state index contributed by atoms with van der Waals surface area (Å²) in [5.74, 6) is -0.411. The van der Waals surface area contributed by atoms with Gasteiger partial charge in [-0.3, -0.25) is 4.79 Å². The van der Waals surface area contributed by atoms with E-state index >= 15 is 0 Å². The molecule has 1 atom stereocenters. The van der Waals surface area contributed by atoms with E-state index in [4.69, 9.17) is 4.74 Å². The van der Waals surface area contributed by atoms with Crippen LogP contribution in [0, 0.1) is 0 Å². The maximum Gasteiger partial charge on any atom is 0.314 e. The van der Waals surface area contributed by atoms with Crippen LogP contribution in [-0.4, -0.2) is 24.2 Å². The zero-order valence-corrected chi connectivity index (χ0v) is 13.9. The van der Waals surface area contributed by atoms with Crippen LogP contribution < -0.4 is 5.32 Å². The highest BCUT2D eigenvalue weighted by atomic mass is 16.6. The van der Waals surface area contributed by atoms with E-state index < -0.39 is 5.60 Å². The number of ether oxygens (including phenoxy) is 1. The topological polar surface area (TPSA) is 58.6 Å². The molecular weight excluding hydrogens is 302 g/mol. The fourth-order valence-corrected chi connectivity index (χ4v) is 3.20. The van der Waals surface area contributed by atoms with Gasteiger partial charge in [-0.1, -0.05) is 42.5 Å². The van der Waals surface area contributed by atoms with Crippen LogP contribution in [0.15, 0.2) is 54.6 Å². The molecule has 24 heavy (non-hydrogen) atoms. The number of phenolic OH excluding ortho intramolecular Hbond substituents is 1. The molecule has 1 unspecified atom stereocenters. The number of phenols is 1. The number of carbonyl (C=O) groups is 1. The number of esters is 1. The first-order chi connectivity index (χ1) is 11.6. The van der Waals surface area contributed by atoms with E-state index in [1.165, 1.54) is 0 Å². The summed E-state index contributed by atoms with van der Waals surface area (Å²) in [4.78, 5) is 12.8. The molecule has 0 amide bonds. The molecule has 1 fully saturated rings. The van der Waals surface area contributed by atoms with Gasteiger partial charge in [0.05, 0.1) is 5.92 Å². The molecule has 126 valence electrons. The van der Waals surface area contributed by atoms with Crippen molar-refractivity contribution in [2.24, 2.45) is 0 Å². The highest BCUT2D eigenvalue weighted by Crippen LogP contribution is 2.36. The van der Waals surface area contributed by atoms with Crippen LogP contribution in [0.1, 0.15) is 36.8 Å². The minimum Gasteiger partial charge on any atom is -0.508 e. The lowest BCUT2D eigenvalue weighted by Gasteiger charge is -2.38. The number of nitrogens with one attached hydrogen (secondary N) is 1. The van der Waals surface area contributed by atoms with Gasteiger partial charge in [0, 0.05) is 12.8 Å². The SMILES string of the molecule is CC(C(=O)OC1(c2ccccc2)CCNCC1)c1ccc(O)cc1. The second kappa shape index (κ2) is 7.05. The van der Waals surface area contributed by atoms with E-state index in [1.807, 2.05) is 37.3 Å². The van der Waals surface area contributed by atoms with Crippen molar-refractivity contribution >= 4 is 5.97 Å². The van der Waals surface area contributed by atoms with Crippen LogP contribution in [0.25, 0.3) is 0 Å². The Morgan fingerprint density at radius 2 is 1.71 bits per heavy atom. The fraction of sp³-hybridized carbons (Fsp3) is 0.350. The average Bonchev–Trinajstić information content (AvgIpc) is 2.63. The number of hydrogen-bond acceptors (Lipinski definition) is 4. The lowest BCUT2D eigenvalue weighted by Crippen LogP contribution is -2.43. The minimum absolute atomic E-state index is 0.193. The monoisotopic (exact) mass is 325 g/mol. The summed E-state index contributed by atoms with van der Waals surface area (Å²) >= 11 is 0. The third-order valence-corrected chi connectivity index (χ3v) is 4.75. The Balaban J connectivity index is 1.82. The normalized spacial score (nSPS) is 17.9. The van der Waals surface area contributed by atoms with E-state index in [2.05, 4.69) is 5.32 Å². The fourth-order valence-electron chi connectivity index (χ4n) is 3.20. The van der Waals surface area contributed by atoms with E-state index in [0.29, 0.717) is 0 Å². The molecule has 0 radical (unpaired) electrons. The number of aromatic hydroxyl groups is 1. The first-order valence-corrected chi connectivity index (χ1v) is 8.39. The molecule has 0 bridgehead atoms. The van der Waals surface area contributed by atoms with Gasteiger partial charge < -0.3 is 15.2 Å². The lowest BCUT2D eigenvalue weighted by atomic mass is 9.84. The highest BCUT2D eigenvalue weighted by molar-refractivity contribution is 5.78. The average molecular weight is 325 g/mol. The van der Waals surface area contributed by atoms with Crippen LogP contribution in [0.3, 0.4) is 0 Å². The van der Waals surface area contributed by atoms with Crippen LogP contribution in [0.4, 0.5) is 0 Å². The van der Waals surface area contributed by atoms with Crippen LogP contribution in [0.5, 0.6) is 5.75 Å². The second-order valence-electron chi connectivity index (χ2n) is 6.34. The highest BCUT2D eigenvalue weighted by Gasteiger charge is 2.38. The number of carbonyl (C=O) groups excluding carboxylic acids is 1. The molecule has 2 N–H and O–H groups in total. The Morgan fingerprint density at radius 1 is 1.08 bits per heavy atom. The molecule has 1 aliphatic rings. The van der Waals surface area contributed by atoms with Crippen LogP contribution >= 0.6 is 0 Å². The summed E-state index contributed by atoms with van der Waals surface area (Å²) in [6, 6.07) is 16.7. The van der Waals surface area contributed by atoms with Crippen molar-refractivity contribution in [2.45, 2.75) is 31.3 Å². The minimum atomic E-state index is -0.561. The van der Waals surface area contributed by atoms with Crippen molar-refractivity contribution in [3.63, 3.8) is 0 Å². The Labute approximate surface area is 142 Å². The number of rotatable bonds is 4. The summed E-state index contributed by atoms with van der Waals surface area (Å²) in [6.07, 6.45) is 1.54. The van der Waals surface area contributed by atoms with Crippen molar-refractivity contribution in [2.75, 3.05) is 13.1 Å². The maximum absolute atomic E-state index is 12.8. The van der Waals surface area contributed by atoms with Crippen molar-refractivity contribution in [3.8, 4) is 5.75 Å². The van der Waals surface area contributed by atoms with Gasteiger partial charge in [-0.05, 0) is 43.3 Å². The molecule has 1 aliphatic heterocycles. The molecule has 0 spiro atoms. The predicted molar refractivity (Wildman–Crippen MR) is 92.8 cm³/mol. The number of hydrogen-bond donors (Lipinski definition) is 2. The summed E-state index contributed by atoms with van der Waals surface area (Å²) in [7, 11) is 0. The molecule has 0 saturated carbocycles. The molecule has 1 saturated heterocycles. The van der Waals surface area contributed by atoms with Gasteiger partial charge in [-0.15, -0.1) is 0 Å². The number of piperidine rings is 1. The summed E-state index contributed by atoms with van der Waals surface area (Å²) in [5.41, 5.74) is 1.34. The molecule has 2 aromatic carbocycles. The van der Waals surface area contributed by atoms with Crippen LogP contribution in [-0.2, 0) is 15.1 Å². The van der Waals surface area contributed by atoms with Crippen molar-refractivity contribution < 1.29 is 14.6 Å². The molecule has 4 heteroatoms. The lowest BCUT2D eigenvalue weighted by molar-refractivity contribution is -0.165. The third kappa shape index (κ3) is 3.44. The predicted octanol–water partition coefficient (Wildman–Crippen LogP) is 3.32. The van der Waals surface area contributed by atoms with E-state index in [-0.39, 0.29) is 17.6 Å². The molecule has 1 heterocycles. The first kappa shape index (κ1) is 16.5. The van der Waals surface area contributed by atoms with Gasteiger partial charge >= 0.3 is 5.97 Å². The standard InChI is InChI=1S/C20H23NO3/c1-15(16-7-9-18(22)10-8-16)19(23)24-20(11-13-21-14-12-20)17-5-3-2-4-6-17/h2-10,15,21-22H,11-14H2,1H3. The third-order valence-electron chi connectivity index (χ3n) is 4.75. The van der Waals surface area contributed by atoms with E-state index in [0.717, 1.165) is 37.1 Å². The quantitative estimate of drug-likeness (QED) is 0.847. The number of benzene rings is 2. The molecule has 0 aromatic heterocycles. The van der Waals surface area contributed by atoms with E-state index in [9.17, 15) is 9.90 Å². The molecule has 4 nitrogen and oxygen atoms in total. The van der Waals surface area contributed by atoms with Gasteiger partial charge in [0.25, 0.3) is 0 Å². The molecule has 0 aliphatic carbocycles. The van der Waals surface area contributed by atoms with Crippen LogP contribution in [0.2, 0.25) is 0 Å². The summed E-state index contributed by atoms with van der Waals surface area (Å²) < 4.78 is 6.07. The Kier molecular flexibility index (Phi) is 4.86. The van der Waals surface area contributed by atoms with Gasteiger partial charge in [0.2, 0.25) is 0 Å². The van der Waals surface area contributed by atoms with Crippen molar-refractivity contribution in [1.82, 2.24) is 5.32 Å². The van der Waals surface area contributed by atoms with Crippen molar-refractivity contribution in [3.05, 3.63) is 65.7 Å². The Morgan fingerprint density at radius 3 is 2.33 bits per heavy atom. The summed E-state index contributed by atoms with van der Waals surface area (Å²) in [5, 5.41) is 12.7. The zero-order valence-electron chi connectivity index (χ0n) is 13.9. The van der Waals surface area contributed by atoms with Gasteiger partial charge in [0.1, 0.15) is 11.4 Å². The maximum atomic E-state index is 12.8. The molecule has 3 rings (SSSR count). The summed E-state index contributed by atoms with van der Waals surface area (Å²) in [6.45, 7) is 3.50. The van der Waals surface area contributed by atoms with Gasteiger partial charge in [0.15, 0.2) is 0 Å². The first-order valence-electron chi connectivity index (χ1n) is 8.39. The van der Waals surface area contributed by atoms with Gasteiger partial charge in [-0.25, -0.2) is 0 Å². The zero-order chi connectivity index (χ0) is 17.0. The Hall–Kier alpha value is -2.33. The second-order valence-corrected chi connectivity index (χ2v) is 6.34. The molecule has 2 aromatic rings. The Bertz CT molecular complexity index is 676. The smallest absolute Gasteiger partial charge is 0.314 e. The molecular formula is C20H23NO3. The van der Waals surface area contributed by atoms with Gasteiger partial charge in [-0.2, -0.15) is 0 Å². The van der Waals surface area contributed by atoms with E-state index in [1.54, 1.807) is 24.3 Å². The van der Waals surface area contributed by atoms with Crippen molar-refractivity contribution in [1.29, 1.82) is 0 Å².